The Hall–Kier alpha value is -4.07. The van der Waals surface area contributed by atoms with E-state index in [0.29, 0.717) is 11.3 Å². The highest BCUT2D eigenvalue weighted by atomic mass is 32.2. The molecule has 1 aromatic carbocycles. The Balaban J connectivity index is 3.01. The number of phenols is 1. The molecule has 0 saturated heterocycles. The lowest BCUT2D eigenvalue weighted by molar-refractivity contribution is -0.143. The van der Waals surface area contributed by atoms with Crippen LogP contribution in [0.15, 0.2) is 24.3 Å². The Morgan fingerprint density at radius 2 is 1.44 bits per heavy atom. The van der Waals surface area contributed by atoms with Crippen LogP contribution in [0, 0.1) is 0 Å². The minimum atomic E-state index is -1.64. The van der Waals surface area contributed by atoms with Crippen LogP contribution in [0.1, 0.15) is 18.4 Å². The lowest BCUT2D eigenvalue weighted by Crippen LogP contribution is -2.58. The van der Waals surface area contributed by atoms with Crippen LogP contribution in [0.2, 0.25) is 0 Å². The lowest BCUT2D eigenvalue weighted by Gasteiger charge is -2.24. The summed E-state index contributed by atoms with van der Waals surface area (Å²) in [5.41, 5.74) is 11.1. The van der Waals surface area contributed by atoms with Gasteiger partial charge in [-0.2, -0.15) is 24.4 Å². The van der Waals surface area contributed by atoms with Crippen molar-refractivity contribution in [3.8, 4) is 5.75 Å². The van der Waals surface area contributed by atoms with Gasteiger partial charge in [-0.1, -0.05) is 12.1 Å². The summed E-state index contributed by atoms with van der Waals surface area (Å²) in [6.45, 7) is -1.32. The molecular weight excluding hydrogens is 634 g/mol. The molecular formula is C26H39N7O10S2. The number of carbonyl (C=O) groups excluding carboxylic acids is 6. The van der Waals surface area contributed by atoms with Gasteiger partial charge in [-0.25, -0.2) is 4.79 Å². The number of aliphatic carboxylic acids is 1. The van der Waals surface area contributed by atoms with E-state index >= 15 is 0 Å². The number of hydrogen-bond acceptors (Lipinski definition) is 12. The van der Waals surface area contributed by atoms with Crippen molar-refractivity contribution in [3.63, 3.8) is 0 Å². The number of carboxylic acid groups (broad SMARTS) is 1. The SMILES string of the molecule is CSCC[C@H](NC(=O)[C@@H](N)CO)C(=O)N[C@@H](Cc1ccc(O)cc1)C(=O)NCC(=O)N[C@@H](CS)C(=O)N[C@@H](CC(N)=O)C(=O)O. The number of phenolic OH excluding ortho intramolecular Hbond substituents is 1. The van der Waals surface area contributed by atoms with Crippen LogP contribution in [0.4, 0.5) is 0 Å². The largest absolute Gasteiger partial charge is 0.508 e. The van der Waals surface area contributed by atoms with Crippen LogP contribution in [-0.2, 0) is 40.0 Å². The Morgan fingerprint density at radius 1 is 0.867 bits per heavy atom. The zero-order valence-corrected chi connectivity index (χ0v) is 26.1. The number of thioether (sulfide) groups is 1. The van der Waals surface area contributed by atoms with Gasteiger partial charge < -0.3 is 53.4 Å². The van der Waals surface area contributed by atoms with Crippen LogP contribution in [-0.4, -0.2) is 118 Å². The molecule has 1 rings (SSSR count). The van der Waals surface area contributed by atoms with Crippen molar-refractivity contribution >= 4 is 65.8 Å². The predicted octanol–water partition coefficient (Wildman–Crippen LogP) is -4.05. The third kappa shape index (κ3) is 14.5. The molecule has 6 amide bonds. The van der Waals surface area contributed by atoms with Crippen molar-refractivity contribution in [3.05, 3.63) is 29.8 Å². The van der Waals surface area contributed by atoms with Gasteiger partial charge in [-0.15, -0.1) is 0 Å². The van der Waals surface area contributed by atoms with Gasteiger partial charge in [0.2, 0.25) is 35.4 Å². The van der Waals surface area contributed by atoms with Crippen LogP contribution in [0.3, 0.4) is 0 Å². The molecule has 0 saturated carbocycles. The number of hydrogen-bond donors (Lipinski definition) is 11. The summed E-state index contributed by atoms with van der Waals surface area (Å²) < 4.78 is 0. The number of benzene rings is 1. The van der Waals surface area contributed by atoms with Crippen LogP contribution in [0.25, 0.3) is 0 Å². The molecule has 5 atom stereocenters. The summed E-state index contributed by atoms with van der Waals surface area (Å²) in [5.74, 6) is -6.49. The number of nitrogens with one attached hydrogen (secondary N) is 5. The first kappa shape index (κ1) is 39.0. The number of nitrogens with two attached hydrogens (primary N) is 2. The molecule has 1 aromatic rings. The molecule has 0 fully saturated rings. The van der Waals surface area contributed by atoms with Crippen molar-refractivity contribution in [1.82, 2.24) is 26.6 Å². The van der Waals surface area contributed by atoms with Gasteiger partial charge in [0.1, 0.15) is 36.0 Å². The maximum atomic E-state index is 13.2. The van der Waals surface area contributed by atoms with Gasteiger partial charge in [-0.05, 0) is 36.1 Å². The normalized spacial score (nSPS) is 14.0. The number of aliphatic hydroxyl groups is 1. The molecule has 0 bridgehead atoms. The second kappa shape index (κ2) is 20.1. The molecule has 19 heteroatoms. The number of primary amides is 1. The maximum Gasteiger partial charge on any atom is 0.326 e. The van der Waals surface area contributed by atoms with E-state index in [0.717, 1.165) is 0 Å². The second-order valence-electron chi connectivity index (χ2n) is 9.65. The Morgan fingerprint density at radius 3 is 1.98 bits per heavy atom. The van der Waals surface area contributed by atoms with Crippen molar-refractivity contribution in [1.29, 1.82) is 0 Å². The summed E-state index contributed by atoms with van der Waals surface area (Å²) >= 11 is 5.38. The van der Waals surface area contributed by atoms with E-state index in [9.17, 15) is 48.9 Å². The van der Waals surface area contributed by atoms with E-state index in [-0.39, 0.29) is 24.3 Å². The Labute approximate surface area is 268 Å². The van der Waals surface area contributed by atoms with E-state index in [2.05, 4.69) is 39.2 Å². The molecule has 0 heterocycles. The number of thiol groups is 1. The highest BCUT2D eigenvalue weighted by Crippen LogP contribution is 2.12. The fourth-order valence-corrected chi connectivity index (χ4v) is 4.35. The topological polar surface area (TPSA) is 292 Å². The average Bonchev–Trinajstić information content (AvgIpc) is 2.99. The minimum Gasteiger partial charge on any atom is -0.508 e. The highest BCUT2D eigenvalue weighted by Gasteiger charge is 2.30. The predicted molar refractivity (Wildman–Crippen MR) is 166 cm³/mol. The first-order valence-corrected chi connectivity index (χ1v) is 15.5. The summed E-state index contributed by atoms with van der Waals surface area (Å²) in [4.78, 5) is 86.1. The molecule has 250 valence electrons. The van der Waals surface area contributed by atoms with E-state index in [1.807, 2.05) is 0 Å². The number of carbonyl (C=O) groups is 7. The molecule has 0 aliphatic carbocycles. The Kier molecular flexibility index (Phi) is 17.4. The highest BCUT2D eigenvalue weighted by molar-refractivity contribution is 7.98. The minimum absolute atomic E-state index is 0.0346. The molecule has 45 heavy (non-hydrogen) atoms. The van der Waals surface area contributed by atoms with Crippen LogP contribution >= 0.6 is 24.4 Å². The summed E-state index contributed by atoms with van der Waals surface area (Å²) in [7, 11) is 0. The van der Waals surface area contributed by atoms with E-state index < -0.39 is 91.2 Å². The molecule has 0 radical (unpaired) electrons. The summed E-state index contributed by atoms with van der Waals surface area (Å²) in [6.07, 6.45) is 1.18. The molecule has 0 spiro atoms. The standard InChI is InChI=1S/C26H39N7O10S2/c1-45-7-6-16(31-22(38)15(27)11-34)24(40)32-17(8-13-2-4-14(35)5-3-13)23(39)29-10-21(37)30-19(12-44)25(41)33-18(26(42)43)9-20(28)36/h2-5,15-19,34-35,44H,6-12,27H2,1H3,(H2,28,36)(H,29,39)(H,30,37)(H,31,38)(H,32,40)(H,33,41)(H,42,43)/t15-,16-,17-,18-,19-/m0/s1. The van der Waals surface area contributed by atoms with Gasteiger partial charge in [0.25, 0.3) is 0 Å². The van der Waals surface area contributed by atoms with Crippen molar-refractivity contribution in [2.45, 2.75) is 49.5 Å². The fourth-order valence-electron chi connectivity index (χ4n) is 3.62. The molecule has 0 aromatic heterocycles. The van der Waals surface area contributed by atoms with Gasteiger partial charge in [-0.3, -0.25) is 28.8 Å². The third-order valence-electron chi connectivity index (χ3n) is 6.06. The molecule has 12 N–H and O–H groups in total. The first-order valence-electron chi connectivity index (χ1n) is 13.5. The quantitative estimate of drug-likeness (QED) is 0.0590. The summed E-state index contributed by atoms with van der Waals surface area (Å²) in [5, 5.41) is 39.7. The number of amides is 6. The van der Waals surface area contributed by atoms with Crippen LogP contribution < -0.4 is 38.1 Å². The van der Waals surface area contributed by atoms with Crippen molar-refractivity contribution < 1.29 is 48.9 Å². The van der Waals surface area contributed by atoms with Gasteiger partial charge >= 0.3 is 5.97 Å². The third-order valence-corrected chi connectivity index (χ3v) is 7.07. The fraction of sp³-hybridized carbons (Fsp3) is 0.500. The Bertz CT molecular complexity index is 1210. The van der Waals surface area contributed by atoms with Crippen LogP contribution in [0.5, 0.6) is 5.75 Å². The van der Waals surface area contributed by atoms with Gasteiger partial charge in [0.05, 0.1) is 19.6 Å². The summed E-state index contributed by atoms with van der Waals surface area (Å²) in [6, 6.07) is -0.861. The van der Waals surface area contributed by atoms with E-state index in [4.69, 9.17) is 11.5 Å². The monoisotopic (exact) mass is 673 g/mol. The number of aromatic hydroxyl groups is 1. The second-order valence-corrected chi connectivity index (χ2v) is 11.0. The lowest BCUT2D eigenvalue weighted by atomic mass is 10.0. The molecule has 0 aliphatic heterocycles. The van der Waals surface area contributed by atoms with Crippen molar-refractivity contribution in [2.24, 2.45) is 11.5 Å². The van der Waals surface area contributed by atoms with Crippen molar-refractivity contribution in [2.75, 3.05) is 30.9 Å². The maximum absolute atomic E-state index is 13.2. The van der Waals surface area contributed by atoms with E-state index in [1.54, 1.807) is 6.26 Å². The molecule has 0 unspecified atom stereocenters. The number of rotatable bonds is 20. The van der Waals surface area contributed by atoms with Gasteiger partial charge in [0.15, 0.2) is 0 Å². The van der Waals surface area contributed by atoms with Gasteiger partial charge in [0, 0.05) is 12.2 Å². The van der Waals surface area contributed by atoms with E-state index in [1.165, 1.54) is 36.0 Å². The molecule has 17 nitrogen and oxygen atoms in total. The zero-order valence-electron chi connectivity index (χ0n) is 24.4. The smallest absolute Gasteiger partial charge is 0.326 e. The first-order chi connectivity index (χ1) is 21.2. The molecule has 0 aliphatic rings. The zero-order chi connectivity index (χ0) is 34.1. The number of carboxylic acids is 1. The number of aliphatic hydroxyl groups excluding tert-OH is 1. The average molecular weight is 674 g/mol.